The number of aromatic carboxylic acids is 1. The van der Waals surface area contributed by atoms with E-state index in [0.717, 1.165) is 12.8 Å². The second kappa shape index (κ2) is 18.3. The minimum absolute atomic E-state index is 0.0920. The summed E-state index contributed by atoms with van der Waals surface area (Å²) in [7, 11) is 0. The van der Waals surface area contributed by atoms with Crippen LogP contribution in [0.1, 0.15) is 120 Å². The molecular weight excluding hydrogens is 404 g/mol. The van der Waals surface area contributed by atoms with E-state index in [1.807, 2.05) is 0 Å². The van der Waals surface area contributed by atoms with Gasteiger partial charge in [-0.2, -0.15) is 0 Å². The first kappa shape index (κ1) is 27.8. The molecular formula is C26H44N2O4. The lowest BCUT2D eigenvalue weighted by atomic mass is 10.0. The number of carbonyl (C=O) groups excluding carboxylic acids is 1. The number of nitrogens with one attached hydrogen (secondary N) is 2. The number of hydrogen-bond acceptors (Lipinski definition) is 3. The Balaban J connectivity index is 1.91. The van der Waals surface area contributed by atoms with Gasteiger partial charge in [-0.15, -0.1) is 0 Å². The number of benzene rings is 1. The molecule has 6 nitrogen and oxygen atoms in total. The topological polar surface area (TPSA) is 98.7 Å². The number of carboxylic acids is 1. The standard InChI is InChI=1S/C26H44N2O4/c1-2-3-4-5-6-7-8-9-10-11-12-13-14-15-16-17-21-27-26(32)28-23-20-18-19-22(24(23)29)25(30)31/h18-20,29H,2-17,21H2,1H3,(H,30,31)(H2,27,28,32). The van der Waals surface area contributed by atoms with E-state index in [4.69, 9.17) is 5.11 Å². The summed E-state index contributed by atoms with van der Waals surface area (Å²) < 4.78 is 0. The van der Waals surface area contributed by atoms with E-state index in [1.54, 1.807) is 0 Å². The Morgan fingerprint density at radius 3 is 1.69 bits per heavy atom. The van der Waals surface area contributed by atoms with Crippen LogP contribution in [0.15, 0.2) is 18.2 Å². The zero-order chi connectivity index (χ0) is 23.4. The molecule has 4 N–H and O–H groups in total. The maximum atomic E-state index is 11.9. The number of hydrogen-bond donors (Lipinski definition) is 4. The molecule has 0 aliphatic heterocycles. The quantitative estimate of drug-likeness (QED) is 0.130. The van der Waals surface area contributed by atoms with Crippen molar-refractivity contribution in [2.45, 2.75) is 110 Å². The van der Waals surface area contributed by atoms with Gasteiger partial charge in [-0.1, -0.05) is 109 Å². The van der Waals surface area contributed by atoms with Gasteiger partial charge in [0, 0.05) is 6.54 Å². The first-order valence-electron chi connectivity index (χ1n) is 12.7. The first-order chi connectivity index (χ1) is 15.6. The summed E-state index contributed by atoms with van der Waals surface area (Å²) in [4.78, 5) is 22.9. The Hall–Kier alpha value is -2.24. The summed E-state index contributed by atoms with van der Waals surface area (Å²) in [6.07, 6.45) is 20.9. The van der Waals surface area contributed by atoms with Crippen molar-refractivity contribution in [2.24, 2.45) is 0 Å². The van der Waals surface area contributed by atoms with Crippen LogP contribution >= 0.6 is 0 Å². The highest BCUT2D eigenvalue weighted by Gasteiger charge is 2.14. The van der Waals surface area contributed by atoms with Crippen LogP contribution in [0.2, 0.25) is 0 Å². The van der Waals surface area contributed by atoms with Crippen LogP contribution in [0.4, 0.5) is 10.5 Å². The third kappa shape index (κ3) is 13.2. The SMILES string of the molecule is CCCCCCCCCCCCCCCCCCNC(=O)Nc1cccc(C(=O)O)c1O. The molecule has 0 spiro atoms. The fourth-order valence-corrected chi connectivity index (χ4v) is 3.86. The summed E-state index contributed by atoms with van der Waals surface area (Å²) in [5.74, 6) is -1.67. The van der Waals surface area contributed by atoms with Crippen molar-refractivity contribution in [2.75, 3.05) is 11.9 Å². The summed E-state index contributed by atoms with van der Waals surface area (Å²) in [6, 6.07) is 3.80. The molecule has 0 aliphatic carbocycles. The number of rotatable bonds is 19. The monoisotopic (exact) mass is 448 g/mol. The van der Waals surface area contributed by atoms with Crippen LogP contribution < -0.4 is 10.6 Å². The molecule has 1 aromatic rings. The molecule has 0 saturated carbocycles. The molecule has 0 fully saturated rings. The Morgan fingerprint density at radius 2 is 1.22 bits per heavy atom. The molecule has 0 saturated heterocycles. The van der Waals surface area contributed by atoms with Crippen LogP contribution in [0.3, 0.4) is 0 Å². The van der Waals surface area contributed by atoms with Crippen molar-refractivity contribution in [3.63, 3.8) is 0 Å². The number of aromatic hydroxyl groups is 1. The lowest BCUT2D eigenvalue weighted by Crippen LogP contribution is -2.29. The van der Waals surface area contributed by atoms with E-state index in [9.17, 15) is 14.7 Å². The lowest BCUT2D eigenvalue weighted by molar-refractivity contribution is 0.0693. The predicted octanol–water partition coefficient (Wildman–Crippen LogP) is 7.47. The summed E-state index contributed by atoms with van der Waals surface area (Å²) in [5, 5.41) is 24.2. The van der Waals surface area contributed by atoms with E-state index in [0.29, 0.717) is 6.54 Å². The van der Waals surface area contributed by atoms with E-state index in [2.05, 4.69) is 17.6 Å². The second-order valence-electron chi connectivity index (χ2n) is 8.69. The number of unbranched alkanes of at least 4 members (excludes halogenated alkanes) is 15. The minimum atomic E-state index is -1.24. The molecule has 0 atom stereocenters. The number of carbonyl (C=O) groups is 2. The maximum Gasteiger partial charge on any atom is 0.339 e. The Labute approximate surface area is 194 Å². The largest absolute Gasteiger partial charge is 0.505 e. The van der Waals surface area contributed by atoms with Gasteiger partial charge in [0.1, 0.15) is 5.56 Å². The van der Waals surface area contributed by atoms with Gasteiger partial charge < -0.3 is 20.8 Å². The highest BCUT2D eigenvalue weighted by atomic mass is 16.4. The first-order valence-corrected chi connectivity index (χ1v) is 12.7. The fraction of sp³-hybridized carbons (Fsp3) is 0.692. The van der Waals surface area contributed by atoms with Gasteiger partial charge in [0.25, 0.3) is 0 Å². The molecule has 0 aromatic heterocycles. The number of amides is 2. The van der Waals surface area contributed by atoms with Gasteiger partial charge in [0.05, 0.1) is 5.69 Å². The molecule has 0 unspecified atom stereocenters. The third-order valence-corrected chi connectivity index (χ3v) is 5.83. The molecule has 32 heavy (non-hydrogen) atoms. The van der Waals surface area contributed by atoms with Crippen molar-refractivity contribution < 1.29 is 19.8 Å². The molecule has 1 rings (SSSR count). The minimum Gasteiger partial charge on any atom is -0.505 e. The lowest BCUT2D eigenvalue weighted by Gasteiger charge is -2.10. The van der Waals surface area contributed by atoms with Crippen LogP contribution in [0.25, 0.3) is 0 Å². The van der Waals surface area contributed by atoms with E-state index < -0.39 is 17.7 Å². The molecule has 0 bridgehead atoms. The van der Waals surface area contributed by atoms with Crippen LogP contribution in [0, 0.1) is 0 Å². The number of carboxylic acid groups (broad SMARTS) is 1. The second-order valence-corrected chi connectivity index (χ2v) is 8.69. The summed E-state index contributed by atoms with van der Waals surface area (Å²) >= 11 is 0. The molecule has 1 aromatic carbocycles. The molecule has 182 valence electrons. The number of anilines is 1. The summed E-state index contributed by atoms with van der Waals surface area (Å²) in [5.41, 5.74) is -0.144. The Morgan fingerprint density at radius 1 is 0.750 bits per heavy atom. The normalized spacial score (nSPS) is 10.8. The predicted molar refractivity (Wildman–Crippen MR) is 132 cm³/mol. The average molecular weight is 449 g/mol. The zero-order valence-electron chi connectivity index (χ0n) is 20.0. The van der Waals surface area contributed by atoms with Crippen LogP contribution in [-0.4, -0.2) is 28.8 Å². The van der Waals surface area contributed by atoms with Gasteiger partial charge in [-0.05, 0) is 18.6 Å². The van der Waals surface area contributed by atoms with Crippen molar-refractivity contribution in [1.29, 1.82) is 0 Å². The van der Waals surface area contributed by atoms with Gasteiger partial charge in [-0.3, -0.25) is 0 Å². The van der Waals surface area contributed by atoms with E-state index in [-0.39, 0.29) is 11.3 Å². The molecule has 0 radical (unpaired) electrons. The zero-order valence-corrected chi connectivity index (χ0v) is 20.0. The third-order valence-electron chi connectivity index (χ3n) is 5.83. The van der Waals surface area contributed by atoms with Gasteiger partial charge in [0.15, 0.2) is 5.75 Å². The fourth-order valence-electron chi connectivity index (χ4n) is 3.86. The number of urea groups is 1. The summed E-state index contributed by atoms with van der Waals surface area (Å²) in [6.45, 7) is 2.82. The smallest absolute Gasteiger partial charge is 0.339 e. The molecule has 0 aliphatic rings. The number of para-hydroxylation sites is 1. The van der Waals surface area contributed by atoms with E-state index in [1.165, 1.54) is 108 Å². The van der Waals surface area contributed by atoms with Crippen molar-refractivity contribution >= 4 is 17.7 Å². The Bertz CT molecular complexity index is 649. The van der Waals surface area contributed by atoms with Crippen molar-refractivity contribution in [1.82, 2.24) is 5.32 Å². The van der Waals surface area contributed by atoms with Crippen LogP contribution in [0.5, 0.6) is 5.75 Å². The van der Waals surface area contributed by atoms with Gasteiger partial charge in [-0.25, -0.2) is 9.59 Å². The van der Waals surface area contributed by atoms with Gasteiger partial charge in [0.2, 0.25) is 0 Å². The van der Waals surface area contributed by atoms with Crippen molar-refractivity contribution in [3.05, 3.63) is 23.8 Å². The highest BCUT2D eigenvalue weighted by molar-refractivity contribution is 5.97. The maximum absolute atomic E-state index is 11.9. The molecule has 0 heterocycles. The van der Waals surface area contributed by atoms with Crippen LogP contribution in [-0.2, 0) is 0 Å². The highest BCUT2D eigenvalue weighted by Crippen LogP contribution is 2.27. The van der Waals surface area contributed by atoms with E-state index >= 15 is 0 Å². The Kier molecular flexibility index (Phi) is 15.9. The van der Waals surface area contributed by atoms with Gasteiger partial charge >= 0.3 is 12.0 Å². The van der Waals surface area contributed by atoms with Crippen molar-refractivity contribution in [3.8, 4) is 5.75 Å². The molecule has 2 amide bonds. The molecule has 6 heteroatoms. The number of phenols is 1. The average Bonchev–Trinajstić information content (AvgIpc) is 2.77.